The Labute approximate surface area is 249 Å². The van der Waals surface area contributed by atoms with Crippen LogP contribution in [0.1, 0.15) is 61.0 Å². The molecule has 0 atom stereocenters. The van der Waals surface area contributed by atoms with Gasteiger partial charge in [0.1, 0.15) is 18.0 Å². The summed E-state index contributed by atoms with van der Waals surface area (Å²) in [5, 5.41) is 6.84. The molecule has 5 rings (SSSR count). The number of carbonyl (C=O) groups excluding carboxylic acids is 1. The number of anilines is 2. The molecule has 0 aliphatic heterocycles. The van der Waals surface area contributed by atoms with Crippen molar-refractivity contribution >= 4 is 39.8 Å². The molecule has 4 N–H and O–H groups in total. The van der Waals surface area contributed by atoms with Gasteiger partial charge in [-0.2, -0.15) is 0 Å². The van der Waals surface area contributed by atoms with E-state index in [0.29, 0.717) is 35.7 Å². The number of nitrogen functional groups attached to an aromatic ring is 1. The van der Waals surface area contributed by atoms with E-state index in [9.17, 15) is 13.6 Å². The molecule has 2 aromatic carbocycles. The number of benzene rings is 2. The molecule has 10 heteroatoms. The highest BCUT2D eigenvalue weighted by Gasteiger charge is 2.15. The van der Waals surface area contributed by atoms with Crippen molar-refractivity contribution in [3.8, 4) is 10.4 Å². The van der Waals surface area contributed by atoms with Gasteiger partial charge < -0.3 is 16.4 Å². The normalized spacial score (nSPS) is 10.3. The Kier molecular flexibility index (Phi) is 11.9. The van der Waals surface area contributed by atoms with Crippen LogP contribution < -0.4 is 16.4 Å². The van der Waals surface area contributed by atoms with Gasteiger partial charge in [-0.15, -0.1) is 11.3 Å². The first kappa shape index (κ1) is 32.1. The first-order chi connectivity index (χ1) is 20.4. The summed E-state index contributed by atoms with van der Waals surface area (Å²) >= 11 is 1.61. The number of hydrogen-bond acceptors (Lipinski definition) is 7. The van der Waals surface area contributed by atoms with Crippen molar-refractivity contribution in [2.45, 2.75) is 54.1 Å². The summed E-state index contributed by atoms with van der Waals surface area (Å²) < 4.78 is 26.7. The van der Waals surface area contributed by atoms with E-state index in [1.807, 2.05) is 65.0 Å². The second kappa shape index (κ2) is 15.5. The highest BCUT2D eigenvalue weighted by Crippen LogP contribution is 2.31. The molecular formula is C32H36F2N6OS. The van der Waals surface area contributed by atoms with Crippen LogP contribution in [0, 0.1) is 11.6 Å². The number of nitrogens with two attached hydrogens (primary N) is 1. The number of pyridine rings is 1. The predicted octanol–water partition coefficient (Wildman–Crippen LogP) is 7.77. The van der Waals surface area contributed by atoms with Crippen LogP contribution in [-0.4, -0.2) is 20.9 Å². The van der Waals surface area contributed by atoms with Gasteiger partial charge in [0.05, 0.1) is 17.6 Å². The van der Waals surface area contributed by atoms with E-state index in [1.54, 1.807) is 23.6 Å². The molecule has 0 saturated carbocycles. The van der Waals surface area contributed by atoms with Crippen LogP contribution in [0.4, 0.5) is 20.4 Å². The zero-order valence-electron chi connectivity index (χ0n) is 24.5. The minimum atomic E-state index is -0.954. The van der Waals surface area contributed by atoms with Gasteiger partial charge in [0.2, 0.25) is 0 Å². The van der Waals surface area contributed by atoms with Gasteiger partial charge in [-0.1, -0.05) is 46.8 Å². The lowest BCUT2D eigenvalue weighted by atomic mass is 10.1. The summed E-state index contributed by atoms with van der Waals surface area (Å²) in [4.78, 5) is 27.9. The Morgan fingerprint density at radius 1 is 0.881 bits per heavy atom. The number of fused-ring (bicyclic) bond motifs is 1. The van der Waals surface area contributed by atoms with Crippen molar-refractivity contribution in [2.75, 3.05) is 11.1 Å². The molecule has 0 aliphatic rings. The van der Waals surface area contributed by atoms with Gasteiger partial charge >= 0.3 is 0 Å². The molecule has 7 nitrogen and oxygen atoms in total. The SMILES string of the molecule is CC.CC.CCc1cnc(NCc2ccc(-c3ccc4ncnc(N)c4c3)s2)c(C(=O)NCc2ccc(F)c(F)c2)c1. The lowest BCUT2D eigenvalue weighted by molar-refractivity contribution is 0.0951. The zero-order valence-corrected chi connectivity index (χ0v) is 25.3. The van der Waals surface area contributed by atoms with Crippen LogP contribution >= 0.6 is 11.3 Å². The summed E-state index contributed by atoms with van der Waals surface area (Å²) in [5.41, 5.74) is 9.57. The third kappa shape index (κ3) is 7.85. The molecule has 3 aromatic heterocycles. The number of hydrogen-bond donors (Lipinski definition) is 3. The van der Waals surface area contributed by atoms with Crippen LogP contribution in [0.3, 0.4) is 0 Å². The van der Waals surface area contributed by atoms with E-state index >= 15 is 0 Å². The molecule has 5 aromatic rings. The molecule has 0 fully saturated rings. The number of halogens is 2. The summed E-state index contributed by atoms with van der Waals surface area (Å²) in [6.45, 7) is 10.5. The van der Waals surface area contributed by atoms with E-state index in [-0.39, 0.29) is 12.5 Å². The van der Waals surface area contributed by atoms with E-state index < -0.39 is 11.6 Å². The first-order valence-electron chi connectivity index (χ1n) is 14.0. The van der Waals surface area contributed by atoms with Crippen LogP contribution in [0.25, 0.3) is 21.3 Å². The van der Waals surface area contributed by atoms with Gasteiger partial charge in [0.25, 0.3) is 5.91 Å². The number of thiophene rings is 1. The average Bonchev–Trinajstić information content (AvgIpc) is 3.51. The lowest BCUT2D eigenvalue weighted by Crippen LogP contribution is -2.24. The van der Waals surface area contributed by atoms with Gasteiger partial charge in [0, 0.05) is 27.9 Å². The van der Waals surface area contributed by atoms with Crippen molar-refractivity contribution in [2.24, 2.45) is 0 Å². The second-order valence-electron chi connectivity index (χ2n) is 8.63. The van der Waals surface area contributed by atoms with Crippen molar-refractivity contribution in [3.63, 3.8) is 0 Å². The molecule has 0 aliphatic carbocycles. The molecule has 1 amide bonds. The molecule has 42 heavy (non-hydrogen) atoms. The maximum Gasteiger partial charge on any atom is 0.255 e. The summed E-state index contributed by atoms with van der Waals surface area (Å²) in [5.74, 6) is -1.36. The minimum absolute atomic E-state index is 0.0570. The molecule has 0 unspecified atom stereocenters. The van der Waals surface area contributed by atoms with Crippen LogP contribution in [-0.2, 0) is 19.5 Å². The summed E-state index contributed by atoms with van der Waals surface area (Å²) in [7, 11) is 0. The Bertz CT molecular complexity index is 1640. The fourth-order valence-corrected chi connectivity index (χ4v) is 4.92. The van der Waals surface area contributed by atoms with E-state index in [4.69, 9.17) is 5.73 Å². The first-order valence-corrected chi connectivity index (χ1v) is 14.8. The standard InChI is InChI=1S/C28H24F2N6OS.2C2H6/c1-2-16-9-21(28(37)34-13-17-3-6-22(29)23(30)10-17)27(32-12-16)33-14-19-5-8-25(38-19)18-4-7-24-20(11-18)26(31)36-15-35-24;2*1-2/h3-12,15H,2,13-14H2,1H3,(H,32,33)(H,34,37)(H2,31,35,36);2*1-2H3. The van der Waals surface area contributed by atoms with E-state index in [0.717, 1.165) is 43.9 Å². The van der Waals surface area contributed by atoms with Crippen molar-refractivity contribution < 1.29 is 13.6 Å². The molecule has 0 spiro atoms. The Hall–Kier alpha value is -4.44. The van der Waals surface area contributed by atoms with Gasteiger partial charge in [-0.05, 0) is 65.6 Å². The number of nitrogens with one attached hydrogen (secondary N) is 2. The monoisotopic (exact) mass is 590 g/mol. The summed E-state index contributed by atoms with van der Waals surface area (Å²) in [6.07, 6.45) is 3.90. The molecule has 3 heterocycles. The largest absolute Gasteiger partial charge is 0.383 e. The number of carbonyl (C=O) groups is 1. The molecule has 0 radical (unpaired) electrons. The summed E-state index contributed by atoms with van der Waals surface area (Å²) in [6, 6.07) is 15.3. The average molecular weight is 591 g/mol. The van der Waals surface area contributed by atoms with Gasteiger partial charge in [-0.25, -0.2) is 23.7 Å². The molecule has 0 bridgehead atoms. The number of aromatic nitrogens is 3. The predicted molar refractivity (Wildman–Crippen MR) is 168 cm³/mol. The molecular weight excluding hydrogens is 554 g/mol. The topological polar surface area (TPSA) is 106 Å². The minimum Gasteiger partial charge on any atom is -0.383 e. The number of aryl methyl sites for hydroxylation is 1. The van der Waals surface area contributed by atoms with Crippen molar-refractivity contribution in [3.05, 3.63) is 100 Å². The third-order valence-electron chi connectivity index (χ3n) is 6.08. The second-order valence-corrected chi connectivity index (χ2v) is 9.80. The Balaban J connectivity index is 0.00000116. The third-order valence-corrected chi connectivity index (χ3v) is 7.21. The maximum absolute atomic E-state index is 13.5. The fraction of sp³-hybridized carbons (Fsp3) is 0.250. The van der Waals surface area contributed by atoms with E-state index in [1.165, 1.54) is 12.4 Å². The Morgan fingerprint density at radius 3 is 2.40 bits per heavy atom. The smallest absolute Gasteiger partial charge is 0.255 e. The lowest BCUT2D eigenvalue weighted by Gasteiger charge is -2.12. The van der Waals surface area contributed by atoms with Crippen molar-refractivity contribution in [1.29, 1.82) is 0 Å². The highest BCUT2D eigenvalue weighted by atomic mass is 32.1. The quantitative estimate of drug-likeness (QED) is 0.170. The van der Waals surface area contributed by atoms with E-state index in [2.05, 4.69) is 25.6 Å². The van der Waals surface area contributed by atoms with Crippen molar-refractivity contribution in [1.82, 2.24) is 20.3 Å². The van der Waals surface area contributed by atoms with Crippen LogP contribution in [0.2, 0.25) is 0 Å². The number of amides is 1. The van der Waals surface area contributed by atoms with Crippen LogP contribution in [0.15, 0.2) is 67.1 Å². The van der Waals surface area contributed by atoms with Gasteiger partial charge in [-0.3, -0.25) is 4.79 Å². The molecule has 0 saturated heterocycles. The highest BCUT2D eigenvalue weighted by molar-refractivity contribution is 7.15. The zero-order chi connectivity index (χ0) is 30.6. The number of rotatable bonds is 8. The number of nitrogens with zero attached hydrogens (tertiary/aromatic N) is 3. The van der Waals surface area contributed by atoms with Gasteiger partial charge in [0.15, 0.2) is 11.6 Å². The molecule has 220 valence electrons. The van der Waals surface area contributed by atoms with Crippen LogP contribution in [0.5, 0.6) is 0 Å². The Morgan fingerprint density at radius 2 is 1.67 bits per heavy atom. The fourth-order valence-electron chi connectivity index (χ4n) is 3.97. The maximum atomic E-state index is 13.5.